The average molecular weight is 547 g/mol. The van der Waals surface area contributed by atoms with Crippen molar-refractivity contribution in [2.75, 3.05) is 58.4 Å². The van der Waals surface area contributed by atoms with Crippen molar-refractivity contribution in [3.63, 3.8) is 0 Å². The molecule has 2 fully saturated rings. The molecule has 2 aliphatic rings. The molecule has 29 heavy (non-hydrogen) atoms. The Bertz CT molecular complexity index is 563. The Morgan fingerprint density at radius 1 is 1.24 bits per heavy atom. The predicted molar refractivity (Wildman–Crippen MR) is 128 cm³/mol. The topological polar surface area (TPSA) is 92.3 Å². The van der Waals surface area contributed by atoms with Crippen molar-refractivity contribution in [1.82, 2.24) is 14.9 Å². The minimum absolute atomic E-state index is 0. The molecule has 0 amide bonds. The van der Waals surface area contributed by atoms with Crippen LogP contribution in [0.4, 0.5) is 0 Å². The van der Waals surface area contributed by atoms with Crippen molar-refractivity contribution in [2.24, 2.45) is 10.9 Å². The van der Waals surface area contributed by atoms with Crippen LogP contribution >= 0.6 is 24.0 Å². The van der Waals surface area contributed by atoms with Crippen LogP contribution in [0.1, 0.15) is 46.0 Å². The van der Waals surface area contributed by atoms with Gasteiger partial charge in [0.05, 0.1) is 19.0 Å². The van der Waals surface area contributed by atoms with Gasteiger partial charge in [0.15, 0.2) is 5.96 Å². The maximum absolute atomic E-state index is 12.2. The van der Waals surface area contributed by atoms with Gasteiger partial charge in [-0.25, -0.2) is 12.7 Å². The van der Waals surface area contributed by atoms with Gasteiger partial charge in [-0.05, 0) is 39.0 Å². The lowest BCUT2D eigenvalue weighted by Crippen LogP contribution is -2.50. The van der Waals surface area contributed by atoms with Crippen LogP contribution in [0.2, 0.25) is 0 Å². The van der Waals surface area contributed by atoms with Gasteiger partial charge < -0.3 is 20.1 Å². The summed E-state index contributed by atoms with van der Waals surface area (Å²) in [5.74, 6) is 1.60. The van der Waals surface area contributed by atoms with Crippen molar-refractivity contribution < 1.29 is 17.9 Å². The number of nitrogens with one attached hydrogen (secondary N) is 2. The van der Waals surface area contributed by atoms with Gasteiger partial charge >= 0.3 is 0 Å². The Kier molecular flexibility index (Phi) is 13.7. The highest BCUT2D eigenvalue weighted by Crippen LogP contribution is 2.15. The van der Waals surface area contributed by atoms with E-state index in [1.807, 2.05) is 13.8 Å². The van der Waals surface area contributed by atoms with E-state index in [4.69, 9.17) is 9.47 Å². The number of sulfonamides is 1. The molecule has 0 saturated carbocycles. The summed E-state index contributed by atoms with van der Waals surface area (Å²) in [5.41, 5.74) is 0. The standard InChI is InChI=1S/C19H38N4O4S.HI/c1-3-14-28(24,25)23-10-6-18(7-11-23)22-19(20-4-2)21-9-5-12-26-15-17-8-13-27-16-17;/h17-18H,3-16H2,1-2H3,(H2,20,21,22);1H. The van der Waals surface area contributed by atoms with E-state index in [-0.39, 0.29) is 35.8 Å². The third-order valence-corrected chi connectivity index (χ3v) is 7.16. The van der Waals surface area contributed by atoms with E-state index in [2.05, 4.69) is 15.6 Å². The van der Waals surface area contributed by atoms with Crippen molar-refractivity contribution in [3.05, 3.63) is 0 Å². The molecule has 172 valence electrons. The van der Waals surface area contributed by atoms with Gasteiger partial charge in [-0.15, -0.1) is 24.0 Å². The van der Waals surface area contributed by atoms with Gasteiger partial charge in [0.2, 0.25) is 10.0 Å². The monoisotopic (exact) mass is 546 g/mol. The largest absolute Gasteiger partial charge is 0.381 e. The molecule has 0 aliphatic carbocycles. The predicted octanol–water partition coefficient (Wildman–Crippen LogP) is 1.81. The maximum atomic E-state index is 12.2. The van der Waals surface area contributed by atoms with Gasteiger partial charge in [0.25, 0.3) is 0 Å². The van der Waals surface area contributed by atoms with E-state index in [0.717, 1.165) is 58.0 Å². The molecule has 0 bridgehead atoms. The number of guanidine groups is 1. The summed E-state index contributed by atoms with van der Waals surface area (Å²) in [7, 11) is -3.09. The highest BCUT2D eigenvalue weighted by molar-refractivity contribution is 14.0. The van der Waals surface area contributed by atoms with Crippen LogP contribution in [0.15, 0.2) is 4.99 Å². The Labute approximate surface area is 193 Å². The van der Waals surface area contributed by atoms with Crippen LogP contribution in [0.5, 0.6) is 0 Å². The number of ether oxygens (including phenoxy) is 2. The number of halogens is 1. The molecule has 10 heteroatoms. The summed E-state index contributed by atoms with van der Waals surface area (Å²) in [5, 5.41) is 6.73. The number of hydrogen-bond acceptors (Lipinski definition) is 5. The van der Waals surface area contributed by atoms with Gasteiger partial charge in [-0.1, -0.05) is 6.92 Å². The third kappa shape index (κ3) is 10.1. The first-order chi connectivity index (χ1) is 13.5. The number of rotatable bonds is 11. The minimum atomic E-state index is -3.09. The van der Waals surface area contributed by atoms with E-state index in [1.165, 1.54) is 0 Å². The second-order valence-corrected chi connectivity index (χ2v) is 9.64. The number of aliphatic imine (C=N–C) groups is 1. The molecule has 8 nitrogen and oxygen atoms in total. The van der Waals surface area contributed by atoms with Crippen molar-refractivity contribution in [2.45, 2.75) is 52.0 Å². The molecule has 2 saturated heterocycles. The zero-order valence-electron chi connectivity index (χ0n) is 17.9. The van der Waals surface area contributed by atoms with E-state index < -0.39 is 10.0 Å². The molecule has 0 aromatic heterocycles. The lowest BCUT2D eigenvalue weighted by Gasteiger charge is -2.32. The van der Waals surface area contributed by atoms with Crippen molar-refractivity contribution in [3.8, 4) is 0 Å². The molecule has 0 aromatic rings. The maximum Gasteiger partial charge on any atom is 0.214 e. The molecule has 2 rings (SSSR count). The molecule has 1 atom stereocenters. The average Bonchev–Trinajstić information content (AvgIpc) is 3.18. The first-order valence-corrected chi connectivity index (χ1v) is 12.3. The zero-order chi connectivity index (χ0) is 20.2. The normalized spacial score (nSPS) is 21.7. The van der Waals surface area contributed by atoms with Crippen LogP contribution in [-0.4, -0.2) is 83.1 Å². The molecule has 2 N–H and O–H groups in total. The van der Waals surface area contributed by atoms with Crippen LogP contribution in [0.3, 0.4) is 0 Å². The molecule has 0 aromatic carbocycles. The molecule has 1 unspecified atom stereocenters. The number of piperidine rings is 1. The van der Waals surface area contributed by atoms with E-state index in [1.54, 1.807) is 4.31 Å². The summed E-state index contributed by atoms with van der Waals surface area (Å²) in [4.78, 5) is 4.63. The minimum Gasteiger partial charge on any atom is -0.381 e. The van der Waals surface area contributed by atoms with Gasteiger partial charge in [0.1, 0.15) is 0 Å². The lowest BCUT2D eigenvalue weighted by atomic mass is 10.1. The summed E-state index contributed by atoms with van der Waals surface area (Å²) < 4.78 is 37.1. The summed E-state index contributed by atoms with van der Waals surface area (Å²) >= 11 is 0. The first kappa shape index (κ1) is 26.9. The Morgan fingerprint density at radius 3 is 2.62 bits per heavy atom. The second-order valence-electron chi connectivity index (χ2n) is 7.55. The highest BCUT2D eigenvalue weighted by atomic mass is 127. The molecule has 2 aliphatic heterocycles. The van der Waals surface area contributed by atoms with Crippen LogP contribution in [0, 0.1) is 5.92 Å². The van der Waals surface area contributed by atoms with E-state index >= 15 is 0 Å². The van der Waals surface area contributed by atoms with Gasteiger partial charge in [-0.2, -0.15) is 0 Å². The Balaban J connectivity index is 0.00000420. The van der Waals surface area contributed by atoms with Crippen LogP contribution in [-0.2, 0) is 19.5 Å². The Hall–Kier alpha value is -0.170. The SMILES string of the molecule is CCCS(=O)(=O)N1CCC(NC(=NCCCOCC2CCOC2)NCC)CC1.I. The van der Waals surface area contributed by atoms with E-state index in [0.29, 0.717) is 38.6 Å². The smallest absolute Gasteiger partial charge is 0.214 e. The fourth-order valence-corrected chi connectivity index (χ4v) is 5.04. The summed E-state index contributed by atoms with van der Waals surface area (Å²) in [6, 6.07) is 0.254. The van der Waals surface area contributed by atoms with E-state index in [9.17, 15) is 8.42 Å². The number of nitrogens with zero attached hydrogens (tertiary/aromatic N) is 2. The fraction of sp³-hybridized carbons (Fsp3) is 0.947. The lowest BCUT2D eigenvalue weighted by molar-refractivity contribution is 0.0893. The molecular formula is C19H39IN4O4S. The van der Waals surface area contributed by atoms with Crippen LogP contribution in [0.25, 0.3) is 0 Å². The summed E-state index contributed by atoms with van der Waals surface area (Å²) in [6.07, 6.45) is 4.26. The summed E-state index contributed by atoms with van der Waals surface area (Å²) in [6.45, 7) is 9.80. The molecule has 0 spiro atoms. The highest BCUT2D eigenvalue weighted by Gasteiger charge is 2.27. The van der Waals surface area contributed by atoms with Gasteiger partial charge in [0, 0.05) is 51.4 Å². The van der Waals surface area contributed by atoms with Crippen LogP contribution < -0.4 is 10.6 Å². The first-order valence-electron chi connectivity index (χ1n) is 10.7. The second kappa shape index (κ2) is 14.8. The van der Waals surface area contributed by atoms with Crippen molar-refractivity contribution in [1.29, 1.82) is 0 Å². The molecule has 0 radical (unpaired) electrons. The number of hydrogen-bond donors (Lipinski definition) is 2. The Morgan fingerprint density at radius 2 is 2.00 bits per heavy atom. The zero-order valence-corrected chi connectivity index (χ0v) is 21.0. The quantitative estimate of drug-likeness (QED) is 0.178. The third-order valence-electron chi connectivity index (χ3n) is 5.09. The molecular weight excluding hydrogens is 507 g/mol. The molecule has 2 heterocycles. The van der Waals surface area contributed by atoms with Gasteiger partial charge in [-0.3, -0.25) is 4.99 Å². The fourth-order valence-electron chi connectivity index (χ4n) is 3.50. The van der Waals surface area contributed by atoms with Crippen molar-refractivity contribution >= 4 is 40.0 Å².